The summed E-state index contributed by atoms with van der Waals surface area (Å²) in [6, 6.07) is 11.2. The molecule has 0 saturated carbocycles. The van der Waals surface area contributed by atoms with Gasteiger partial charge in [-0.2, -0.15) is 5.26 Å². The van der Waals surface area contributed by atoms with Crippen LogP contribution in [0.15, 0.2) is 43.0 Å². The van der Waals surface area contributed by atoms with Crippen LogP contribution >= 0.6 is 15.9 Å². The first-order chi connectivity index (χ1) is 8.05. The maximum atomic E-state index is 12.2. The second-order valence-electron chi connectivity index (χ2n) is 3.61. The van der Waals surface area contributed by atoms with Crippen LogP contribution in [0.3, 0.4) is 0 Å². The fourth-order valence-corrected chi connectivity index (χ4v) is 1.91. The molecule has 0 N–H and O–H groups in total. The molecule has 1 atom stereocenters. The molecule has 0 spiro atoms. The summed E-state index contributed by atoms with van der Waals surface area (Å²) in [7, 11) is 1.65. The van der Waals surface area contributed by atoms with Gasteiger partial charge in [0, 0.05) is 19.2 Å². The molecule has 0 radical (unpaired) electrons. The van der Waals surface area contributed by atoms with Crippen molar-refractivity contribution in [3.05, 3.63) is 43.0 Å². The molecule has 0 aliphatic carbocycles. The molecule has 1 unspecified atom stereocenters. The first-order valence-corrected chi connectivity index (χ1v) is 5.88. The second kappa shape index (κ2) is 5.65. The minimum atomic E-state index is -1.24. The van der Waals surface area contributed by atoms with Gasteiger partial charge < -0.3 is 4.90 Å². The van der Waals surface area contributed by atoms with E-state index in [0.29, 0.717) is 0 Å². The lowest BCUT2D eigenvalue weighted by Gasteiger charge is -2.24. The van der Waals surface area contributed by atoms with Gasteiger partial charge in [-0.1, -0.05) is 40.2 Å². The molecule has 0 aliphatic heterocycles. The third-order valence-corrected chi connectivity index (χ3v) is 3.23. The van der Waals surface area contributed by atoms with Crippen LogP contribution in [0.5, 0.6) is 0 Å². The van der Waals surface area contributed by atoms with Crippen molar-refractivity contribution < 1.29 is 4.79 Å². The summed E-state index contributed by atoms with van der Waals surface area (Å²) in [6.45, 7) is 3.56. The van der Waals surface area contributed by atoms with Gasteiger partial charge >= 0.3 is 0 Å². The second-order valence-corrected chi connectivity index (χ2v) is 4.96. The van der Waals surface area contributed by atoms with E-state index in [2.05, 4.69) is 22.5 Å². The highest BCUT2D eigenvalue weighted by Crippen LogP contribution is 2.27. The highest BCUT2D eigenvalue weighted by Gasteiger charge is 2.37. The molecule has 0 fully saturated rings. The number of allylic oxidation sites excluding steroid dienone is 1. The van der Waals surface area contributed by atoms with Gasteiger partial charge in [-0.05, 0) is 12.1 Å². The summed E-state index contributed by atoms with van der Waals surface area (Å²) in [6.07, 6.45) is 1.81. The van der Waals surface area contributed by atoms with Gasteiger partial charge in [0.1, 0.15) is 0 Å². The van der Waals surface area contributed by atoms with Crippen LogP contribution in [0.1, 0.15) is 6.42 Å². The van der Waals surface area contributed by atoms with Crippen molar-refractivity contribution in [1.82, 2.24) is 0 Å². The monoisotopic (exact) mass is 292 g/mol. The molecule has 0 heterocycles. The number of carbonyl (C=O) groups excluding carboxylic acids is 1. The summed E-state index contributed by atoms with van der Waals surface area (Å²) < 4.78 is -1.24. The van der Waals surface area contributed by atoms with Crippen LogP contribution in [0.25, 0.3) is 0 Å². The number of rotatable bonds is 4. The number of hydrogen-bond donors (Lipinski definition) is 0. The Bertz CT molecular complexity index is 452. The number of amides is 1. The molecule has 0 aromatic heterocycles. The third kappa shape index (κ3) is 2.95. The Hall–Kier alpha value is -1.60. The van der Waals surface area contributed by atoms with Crippen molar-refractivity contribution in [3.63, 3.8) is 0 Å². The number of para-hydroxylation sites is 1. The molecule has 88 valence electrons. The van der Waals surface area contributed by atoms with Crippen LogP contribution in [-0.4, -0.2) is 17.3 Å². The lowest BCUT2D eigenvalue weighted by atomic mass is 10.1. The highest BCUT2D eigenvalue weighted by atomic mass is 79.9. The van der Waals surface area contributed by atoms with Gasteiger partial charge in [0.05, 0.1) is 6.07 Å². The maximum absolute atomic E-state index is 12.2. The lowest BCUT2D eigenvalue weighted by molar-refractivity contribution is -0.119. The molecular formula is C13H13BrN2O. The Morgan fingerprint density at radius 2 is 2.18 bits per heavy atom. The van der Waals surface area contributed by atoms with Gasteiger partial charge in [0.25, 0.3) is 5.91 Å². The summed E-state index contributed by atoms with van der Waals surface area (Å²) >= 11 is 3.18. The van der Waals surface area contributed by atoms with E-state index in [4.69, 9.17) is 5.26 Å². The van der Waals surface area contributed by atoms with E-state index in [-0.39, 0.29) is 12.3 Å². The number of anilines is 1. The van der Waals surface area contributed by atoms with Gasteiger partial charge in [0.2, 0.25) is 0 Å². The van der Waals surface area contributed by atoms with Crippen molar-refractivity contribution in [2.75, 3.05) is 11.9 Å². The minimum Gasteiger partial charge on any atom is -0.313 e. The Balaban J connectivity index is 2.98. The number of benzene rings is 1. The number of halogens is 1. The minimum absolute atomic E-state index is 0.263. The third-order valence-electron chi connectivity index (χ3n) is 2.39. The van der Waals surface area contributed by atoms with E-state index < -0.39 is 4.32 Å². The summed E-state index contributed by atoms with van der Waals surface area (Å²) in [4.78, 5) is 13.7. The zero-order valence-electron chi connectivity index (χ0n) is 9.56. The molecule has 4 heteroatoms. The van der Waals surface area contributed by atoms with Gasteiger partial charge in [-0.3, -0.25) is 4.79 Å². The molecule has 17 heavy (non-hydrogen) atoms. The average molecular weight is 293 g/mol. The number of nitriles is 1. The van der Waals surface area contributed by atoms with Crippen LogP contribution in [0, 0.1) is 11.3 Å². The van der Waals surface area contributed by atoms with E-state index in [1.165, 1.54) is 4.90 Å². The molecule has 1 aromatic rings. The fraction of sp³-hybridized carbons (Fsp3) is 0.231. The zero-order valence-corrected chi connectivity index (χ0v) is 11.1. The van der Waals surface area contributed by atoms with E-state index in [0.717, 1.165) is 5.69 Å². The van der Waals surface area contributed by atoms with E-state index in [1.54, 1.807) is 13.1 Å². The molecule has 0 saturated heterocycles. The first kappa shape index (κ1) is 13.5. The molecule has 0 bridgehead atoms. The van der Waals surface area contributed by atoms with E-state index in [1.807, 2.05) is 36.4 Å². The van der Waals surface area contributed by atoms with Crippen LogP contribution in [0.4, 0.5) is 5.69 Å². The predicted octanol–water partition coefficient (Wildman–Crippen LogP) is 2.88. The molecule has 1 amide bonds. The van der Waals surface area contributed by atoms with Gasteiger partial charge in [-0.15, -0.1) is 6.58 Å². The first-order valence-electron chi connectivity index (χ1n) is 5.09. The summed E-state index contributed by atoms with van der Waals surface area (Å²) in [5, 5.41) is 9.09. The SMILES string of the molecule is C=CCC(Br)(C#N)C(=O)N(C)c1ccccc1. The number of hydrogen-bond acceptors (Lipinski definition) is 2. The fourth-order valence-electron chi connectivity index (χ4n) is 1.41. The van der Waals surface area contributed by atoms with Crippen molar-refractivity contribution >= 4 is 27.5 Å². The van der Waals surface area contributed by atoms with Gasteiger partial charge in [-0.25, -0.2) is 0 Å². The smallest absolute Gasteiger partial charge is 0.258 e. The standard InChI is InChI=1S/C13H13BrN2O/c1-3-9-13(14,10-15)12(17)16(2)11-7-5-4-6-8-11/h3-8H,1,9H2,2H3. The van der Waals surface area contributed by atoms with Gasteiger partial charge in [0.15, 0.2) is 4.32 Å². The van der Waals surface area contributed by atoms with Crippen molar-refractivity contribution in [2.45, 2.75) is 10.7 Å². The van der Waals surface area contributed by atoms with Crippen LogP contribution in [0.2, 0.25) is 0 Å². The Morgan fingerprint density at radius 3 is 2.65 bits per heavy atom. The number of alkyl halides is 1. The van der Waals surface area contributed by atoms with Crippen LogP contribution in [-0.2, 0) is 4.79 Å². The largest absolute Gasteiger partial charge is 0.313 e. The summed E-state index contributed by atoms with van der Waals surface area (Å²) in [5.41, 5.74) is 0.751. The van der Waals surface area contributed by atoms with Crippen molar-refractivity contribution in [3.8, 4) is 6.07 Å². The highest BCUT2D eigenvalue weighted by molar-refractivity contribution is 9.10. The van der Waals surface area contributed by atoms with Crippen molar-refractivity contribution in [1.29, 1.82) is 5.26 Å². The van der Waals surface area contributed by atoms with Crippen LogP contribution < -0.4 is 4.90 Å². The molecule has 0 aliphatic rings. The number of carbonyl (C=O) groups is 1. The Morgan fingerprint density at radius 1 is 1.59 bits per heavy atom. The Labute approximate surface area is 109 Å². The zero-order chi connectivity index (χ0) is 12.9. The molecule has 3 nitrogen and oxygen atoms in total. The lowest BCUT2D eigenvalue weighted by Crippen LogP contribution is -2.42. The molecular weight excluding hydrogens is 280 g/mol. The predicted molar refractivity (Wildman–Crippen MR) is 71.9 cm³/mol. The van der Waals surface area contributed by atoms with E-state index in [9.17, 15) is 4.79 Å². The quantitative estimate of drug-likeness (QED) is 0.633. The Kier molecular flexibility index (Phi) is 4.47. The summed E-state index contributed by atoms with van der Waals surface area (Å²) in [5.74, 6) is -0.300. The normalized spacial score (nSPS) is 13.2. The number of nitrogens with zero attached hydrogens (tertiary/aromatic N) is 2. The molecule has 1 aromatic carbocycles. The molecule has 1 rings (SSSR count). The average Bonchev–Trinajstić information content (AvgIpc) is 2.38. The topological polar surface area (TPSA) is 44.1 Å². The maximum Gasteiger partial charge on any atom is 0.258 e. The van der Waals surface area contributed by atoms with E-state index >= 15 is 0 Å². The van der Waals surface area contributed by atoms with Crippen molar-refractivity contribution in [2.24, 2.45) is 0 Å².